The summed E-state index contributed by atoms with van der Waals surface area (Å²) in [6.07, 6.45) is 4.76. The van der Waals surface area contributed by atoms with Gasteiger partial charge in [-0.05, 0) is 45.4 Å². The first kappa shape index (κ1) is 17.5. The van der Waals surface area contributed by atoms with Crippen LogP contribution >= 0.6 is 11.3 Å². The highest BCUT2D eigenvalue weighted by Crippen LogP contribution is 2.30. The van der Waals surface area contributed by atoms with Gasteiger partial charge >= 0.3 is 5.69 Å². The van der Waals surface area contributed by atoms with Crippen molar-refractivity contribution in [2.75, 3.05) is 7.05 Å². The van der Waals surface area contributed by atoms with E-state index in [9.17, 15) is 9.59 Å². The van der Waals surface area contributed by atoms with E-state index in [1.54, 1.807) is 4.68 Å². The Bertz CT molecular complexity index is 892. The molecular weight excluding hydrogens is 350 g/mol. The zero-order valence-electron chi connectivity index (χ0n) is 15.6. The Morgan fingerprint density at radius 3 is 2.69 bits per heavy atom. The lowest BCUT2D eigenvalue weighted by molar-refractivity contribution is 0.0720. The largest absolute Gasteiger partial charge is 0.345 e. The van der Waals surface area contributed by atoms with Crippen LogP contribution in [0.4, 0.5) is 0 Å². The number of rotatable bonds is 4. The van der Waals surface area contributed by atoms with E-state index in [1.165, 1.54) is 24.2 Å². The minimum Gasteiger partial charge on any atom is -0.338 e. The van der Waals surface area contributed by atoms with Gasteiger partial charge in [-0.1, -0.05) is 0 Å². The van der Waals surface area contributed by atoms with Crippen LogP contribution in [-0.4, -0.2) is 43.2 Å². The fourth-order valence-corrected chi connectivity index (χ4v) is 4.62. The van der Waals surface area contributed by atoms with Gasteiger partial charge in [0.1, 0.15) is 10.7 Å². The van der Waals surface area contributed by atoms with Gasteiger partial charge < -0.3 is 4.90 Å². The van der Waals surface area contributed by atoms with Crippen LogP contribution in [0, 0.1) is 19.8 Å². The standard InChI is InChI=1S/C18H25N5O2S/c1-11-16(26-12(2)19-11)17(24)21(3)14-6-7-15-20-23(10-13-4-5-13)18(25)22(15)9-8-14/h13-14H,4-10H2,1-3H3. The third kappa shape index (κ3) is 3.22. The smallest absolute Gasteiger partial charge is 0.338 e. The van der Waals surface area contributed by atoms with E-state index >= 15 is 0 Å². The lowest BCUT2D eigenvalue weighted by Crippen LogP contribution is -2.37. The van der Waals surface area contributed by atoms with Crippen LogP contribution in [-0.2, 0) is 19.5 Å². The highest BCUT2D eigenvalue weighted by Gasteiger charge is 2.29. The molecule has 0 radical (unpaired) electrons. The molecule has 3 heterocycles. The summed E-state index contributed by atoms with van der Waals surface area (Å²) in [5, 5.41) is 5.47. The first-order valence-electron chi connectivity index (χ1n) is 9.31. The Morgan fingerprint density at radius 1 is 1.27 bits per heavy atom. The topological polar surface area (TPSA) is 73.0 Å². The predicted octanol–water partition coefficient (Wildman–Crippen LogP) is 2.01. The van der Waals surface area contributed by atoms with Crippen molar-refractivity contribution in [3.8, 4) is 0 Å². The molecule has 7 nitrogen and oxygen atoms in total. The average Bonchev–Trinajstić information content (AvgIpc) is 3.33. The fraction of sp³-hybridized carbons (Fsp3) is 0.667. The normalized spacial score (nSPS) is 19.9. The molecule has 0 bridgehead atoms. The number of amides is 1. The first-order chi connectivity index (χ1) is 12.4. The van der Waals surface area contributed by atoms with Gasteiger partial charge in [0, 0.05) is 32.6 Å². The molecule has 0 spiro atoms. The molecular formula is C18H25N5O2S. The third-order valence-corrected chi connectivity index (χ3v) is 6.54. The Labute approximate surface area is 156 Å². The number of hydrogen-bond donors (Lipinski definition) is 0. The third-order valence-electron chi connectivity index (χ3n) is 5.48. The summed E-state index contributed by atoms with van der Waals surface area (Å²) >= 11 is 1.45. The van der Waals surface area contributed by atoms with Crippen molar-refractivity contribution >= 4 is 17.2 Å². The van der Waals surface area contributed by atoms with Gasteiger partial charge in [0.25, 0.3) is 5.91 Å². The Kier molecular flexibility index (Phi) is 4.46. The number of aryl methyl sites for hydroxylation is 3. The second kappa shape index (κ2) is 6.64. The molecule has 1 aliphatic heterocycles. The van der Waals surface area contributed by atoms with Crippen LogP contribution < -0.4 is 5.69 Å². The molecule has 1 aliphatic carbocycles. The lowest BCUT2D eigenvalue weighted by Gasteiger charge is -2.26. The number of fused-ring (bicyclic) bond motifs is 1. The van der Waals surface area contributed by atoms with Crippen molar-refractivity contribution in [2.45, 2.75) is 65.1 Å². The van der Waals surface area contributed by atoms with Gasteiger partial charge in [-0.2, -0.15) is 5.10 Å². The summed E-state index contributed by atoms with van der Waals surface area (Å²) in [5.41, 5.74) is 0.810. The summed E-state index contributed by atoms with van der Waals surface area (Å²) in [6.45, 7) is 5.19. The minimum atomic E-state index is 0.00968. The van der Waals surface area contributed by atoms with Crippen LogP contribution in [0.2, 0.25) is 0 Å². The van der Waals surface area contributed by atoms with Crippen molar-refractivity contribution in [1.82, 2.24) is 24.2 Å². The SMILES string of the molecule is Cc1nc(C)c(C(=O)N(C)C2CCc3nn(CC4CC4)c(=O)n3CC2)s1. The van der Waals surface area contributed by atoms with Crippen molar-refractivity contribution in [3.63, 3.8) is 0 Å². The van der Waals surface area contributed by atoms with Crippen LogP contribution in [0.25, 0.3) is 0 Å². The maximum atomic E-state index is 12.9. The van der Waals surface area contributed by atoms with Crippen LogP contribution in [0.3, 0.4) is 0 Å². The number of hydrogen-bond acceptors (Lipinski definition) is 5. The predicted molar refractivity (Wildman–Crippen MR) is 99.6 cm³/mol. The second-order valence-electron chi connectivity index (χ2n) is 7.52. The van der Waals surface area contributed by atoms with Crippen molar-refractivity contribution < 1.29 is 4.79 Å². The number of carbonyl (C=O) groups is 1. The number of carbonyl (C=O) groups excluding carboxylic acids is 1. The van der Waals surface area contributed by atoms with E-state index in [4.69, 9.17) is 0 Å². The van der Waals surface area contributed by atoms with Crippen LogP contribution in [0.15, 0.2) is 4.79 Å². The molecule has 2 aromatic heterocycles. The molecule has 0 saturated heterocycles. The van der Waals surface area contributed by atoms with Crippen molar-refractivity contribution in [3.05, 3.63) is 31.9 Å². The molecule has 140 valence electrons. The molecule has 1 unspecified atom stereocenters. The first-order valence-corrected chi connectivity index (χ1v) is 10.1. The number of aromatic nitrogens is 4. The van der Waals surface area contributed by atoms with Crippen LogP contribution in [0.5, 0.6) is 0 Å². The Hall–Kier alpha value is -1.96. The summed E-state index contributed by atoms with van der Waals surface area (Å²) < 4.78 is 3.45. The Morgan fingerprint density at radius 2 is 2.04 bits per heavy atom. The minimum absolute atomic E-state index is 0.00968. The van der Waals surface area contributed by atoms with Gasteiger partial charge in [-0.15, -0.1) is 11.3 Å². The van der Waals surface area contributed by atoms with Gasteiger partial charge in [0.05, 0.1) is 10.7 Å². The summed E-state index contributed by atoms with van der Waals surface area (Å²) in [5.74, 6) is 1.53. The van der Waals surface area contributed by atoms with Gasteiger partial charge in [0.2, 0.25) is 0 Å². The maximum Gasteiger partial charge on any atom is 0.345 e. The molecule has 8 heteroatoms. The zero-order chi connectivity index (χ0) is 18.4. The monoisotopic (exact) mass is 375 g/mol. The Balaban J connectivity index is 1.47. The average molecular weight is 375 g/mol. The van der Waals surface area contributed by atoms with E-state index in [0.29, 0.717) is 12.5 Å². The zero-order valence-corrected chi connectivity index (χ0v) is 16.4. The molecule has 0 aromatic carbocycles. The van der Waals surface area contributed by atoms with Gasteiger partial charge in [0.15, 0.2) is 0 Å². The quantitative estimate of drug-likeness (QED) is 0.819. The van der Waals surface area contributed by atoms with E-state index < -0.39 is 0 Å². The molecule has 1 saturated carbocycles. The molecule has 1 fully saturated rings. The molecule has 2 aromatic rings. The summed E-state index contributed by atoms with van der Waals surface area (Å²) in [6, 6.07) is 0.113. The van der Waals surface area contributed by atoms with Gasteiger partial charge in [-0.25, -0.2) is 14.5 Å². The van der Waals surface area contributed by atoms with E-state index in [1.807, 2.05) is 30.4 Å². The fourth-order valence-electron chi connectivity index (χ4n) is 3.72. The summed E-state index contributed by atoms with van der Waals surface area (Å²) in [4.78, 5) is 32.4. The molecule has 4 rings (SSSR count). The molecule has 26 heavy (non-hydrogen) atoms. The summed E-state index contributed by atoms with van der Waals surface area (Å²) in [7, 11) is 1.86. The van der Waals surface area contributed by atoms with Gasteiger partial charge in [-0.3, -0.25) is 9.36 Å². The van der Waals surface area contributed by atoms with E-state index in [-0.39, 0.29) is 17.6 Å². The molecule has 1 amide bonds. The molecule has 2 aliphatic rings. The highest BCUT2D eigenvalue weighted by atomic mass is 32.1. The second-order valence-corrected chi connectivity index (χ2v) is 8.72. The number of nitrogens with zero attached hydrogens (tertiary/aromatic N) is 5. The number of thiazole rings is 1. The maximum absolute atomic E-state index is 12.9. The van der Waals surface area contributed by atoms with Crippen molar-refractivity contribution in [1.29, 1.82) is 0 Å². The van der Waals surface area contributed by atoms with Crippen molar-refractivity contribution in [2.24, 2.45) is 5.92 Å². The highest BCUT2D eigenvalue weighted by molar-refractivity contribution is 7.13. The molecule has 0 N–H and O–H groups in total. The lowest BCUT2D eigenvalue weighted by atomic mass is 10.1. The molecule has 1 atom stereocenters. The van der Waals surface area contributed by atoms with E-state index in [0.717, 1.165) is 47.2 Å². The van der Waals surface area contributed by atoms with Crippen LogP contribution in [0.1, 0.15) is 51.9 Å². The van der Waals surface area contributed by atoms with E-state index in [2.05, 4.69) is 10.1 Å².